The lowest BCUT2D eigenvalue weighted by Crippen LogP contribution is -2.60. The van der Waals surface area contributed by atoms with Gasteiger partial charge in [-0.1, -0.05) is 127 Å². The molecule has 53 heavy (non-hydrogen) atoms. The van der Waals surface area contributed by atoms with Gasteiger partial charge >= 0.3 is 11.9 Å². The Bertz CT molecular complexity index is 1140. The van der Waals surface area contributed by atoms with Gasteiger partial charge in [-0.3, -0.25) is 14.1 Å². The van der Waals surface area contributed by atoms with Crippen LogP contribution in [0.1, 0.15) is 149 Å². The van der Waals surface area contributed by atoms with Crippen molar-refractivity contribution in [1.82, 2.24) is 0 Å². The van der Waals surface area contributed by atoms with Crippen LogP contribution in [-0.2, 0) is 38.7 Å². The molecule has 0 radical (unpaired) electrons. The second kappa shape index (κ2) is 31.1. The molecular formula is C40H70O12S. The number of unbranched alkanes of at least 4 members (excludes halogenated alkanes) is 14. The molecule has 12 nitrogen and oxygen atoms in total. The summed E-state index contributed by atoms with van der Waals surface area (Å²) >= 11 is 0. The third-order valence-electron chi connectivity index (χ3n) is 8.98. The molecule has 0 saturated carbocycles. The molecule has 6 unspecified atom stereocenters. The number of hydrogen-bond acceptors (Lipinski definition) is 11. The van der Waals surface area contributed by atoms with E-state index in [4.69, 9.17) is 18.9 Å². The molecule has 13 heteroatoms. The number of aliphatic hydroxyl groups is 3. The molecule has 1 heterocycles. The minimum absolute atomic E-state index is 0.145. The molecule has 0 spiro atoms. The Balaban J connectivity index is 2.52. The number of aliphatic hydroxyl groups excluding tert-OH is 3. The van der Waals surface area contributed by atoms with Crippen LogP contribution in [0.4, 0.5) is 0 Å². The van der Waals surface area contributed by atoms with Gasteiger partial charge in [0.2, 0.25) is 0 Å². The molecule has 1 fully saturated rings. The van der Waals surface area contributed by atoms with Gasteiger partial charge in [-0.25, -0.2) is 0 Å². The van der Waals surface area contributed by atoms with E-state index >= 15 is 0 Å². The van der Waals surface area contributed by atoms with Crippen LogP contribution >= 0.6 is 0 Å². The first-order valence-corrected chi connectivity index (χ1v) is 21.7. The molecule has 0 amide bonds. The van der Waals surface area contributed by atoms with Crippen LogP contribution in [0.3, 0.4) is 0 Å². The topological polar surface area (TPSA) is 186 Å². The highest BCUT2D eigenvalue weighted by Crippen LogP contribution is 2.24. The Hall–Kier alpha value is -2.13. The van der Waals surface area contributed by atoms with Crippen molar-refractivity contribution in [2.75, 3.05) is 19.0 Å². The summed E-state index contributed by atoms with van der Waals surface area (Å²) in [6, 6.07) is 0. The SMILES string of the molecule is CC/C=C\C/C=C\C/C=C\CCCCCCCC(=O)OC(COC(=O)CCCCCCCCCCCC)COC1OC(CS(=O)(=O)O)C(O)C(O)C1O. The monoisotopic (exact) mass is 774 g/mol. The van der Waals surface area contributed by atoms with E-state index < -0.39 is 71.2 Å². The third kappa shape index (κ3) is 26.3. The summed E-state index contributed by atoms with van der Waals surface area (Å²) in [5, 5.41) is 30.8. The van der Waals surface area contributed by atoms with Gasteiger partial charge in [-0.05, 0) is 44.9 Å². The standard InChI is InChI=1S/C40H70O12S/c1-3-5-7-9-11-13-15-16-17-18-19-21-23-25-27-29-36(42)51-33(30-49-35(41)28-26-24-22-20-14-12-10-8-6-4-2)31-50-40-39(45)38(44)37(43)34(52-40)32-53(46,47)48/h5,7,11,13,16-17,33-34,37-40,43-45H,3-4,6,8-10,12,14-15,18-32H2,1-2H3,(H,46,47,48)/b7-5-,13-11-,17-16-. The number of carbonyl (C=O) groups is 2. The fourth-order valence-corrected chi connectivity index (χ4v) is 6.56. The molecular weight excluding hydrogens is 704 g/mol. The predicted molar refractivity (Wildman–Crippen MR) is 206 cm³/mol. The van der Waals surface area contributed by atoms with Crippen molar-refractivity contribution in [3.8, 4) is 0 Å². The van der Waals surface area contributed by atoms with Crippen molar-refractivity contribution in [2.45, 2.75) is 185 Å². The summed E-state index contributed by atoms with van der Waals surface area (Å²) in [7, 11) is -4.60. The maximum atomic E-state index is 12.7. The van der Waals surface area contributed by atoms with E-state index in [0.29, 0.717) is 12.8 Å². The van der Waals surface area contributed by atoms with E-state index in [2.05, 4.69) is 50.3 Å². The van der Waals surface area contributed by atoms with Crippen molar-refractivity contribution in [1.29, 1.82) is 0 Å². The minimum atomic E-state index is -4.60. The lowest BCUT2D eigenvalue weighted by molar-refractivity contribution is -0.297. The highest BCUT2D eigenvalue weighted by Gasteiger charge is 2.46. The Morgan fingerprint density at radius 3 is 1.77 bits per heavy atom. The van der Waals surface area contributed by atoms with Crippen molar-refractivity contribution < 1.29 is 56.8 Å². The summed E-state index contributed by atoms with van der Waals surface area (Å²) in [6.45, 7) is 3.59. The molecule has 1 aliphatic heterocycles. The quantitative estimate of drug-likeness (QED) is 0.0237. The van der Waals surface area contributed by atoms with Crippen LogP contribution in [0, 0.1) is 0 Å². The fourth-order valence-electron chi connectivity index (χ4n) is 5.87. The number of ether oxygens (including phenoxy) is 4. The normalized spacial score (nSPS) is 21.5. The van der Waals surface area contributed by atoms with Crippen LogP contribution < -0.4 is 0 Å². The van der Waals surface area contributed by atoms with E-state index in [1.807, 2.05) is 0 Å². The van der Waals surface area contributed by atoms with Gasteiger partial charge in [0.15, 0.2) is 12.4 Å². The van der Waals surface area contributed by atoms with Gasteiger partial charge in [-0.2, -0.15) is 8.42 Å². The number of carbonyl (C=O) groups excluding carboxylic acids is 2. The van der Waals surface area contributed by atoms with Gasteiger partial charge in [-0.15, -0.1) is 0 Å². The Labute approximate surface area is 319 Å². The number of hydrogen-bond donors (Lipinski definition) is 4. The minimum Gasteiger partial charge on any atom is -0.462 e. The zero-order chi connectivity index (χ0) is 39.2. The molecule has 4 N–H and O–H groups in total. The second-order valence-corrected chi connectivity index (χ2v) is 15.4. The maximum absolute atomic E-state index is 12.7. The van der Waals surface area contributed by atoms with E-state index in [1.165, 1.54) is 38.5 Å². The zero-order valence-corrected chi connectivity index (χ0v) is 33.2. The maximum Gasteiger partial charge on any atom is 0.306 e. The average molecular weight is 775 g/mol. The summed E-state index contributed by atoms with van der Waals surface area (Å²) in [5.74, 6) is -2.01. The Morgan fingerprint density at radius 1 is 0.660 bits per heavy atom. The molecule has 0 aromatic heterocycles. The molecule has 1 saturated heterocycles. The molecule has 0 bridgehead atoms. The fraction of sp³-hybridized carbons (Fsp3) is 0.800. The number of rotatable bonds is 32. The second-order valence-electron chi connectivity index (χ2n) is 13.9. The van der Waals surface area contributed by atoms with E-state index in [9.17, 15) is 37.9 Å². The van der Waals surface area contributed by atoms with Crippen molar-refractivity contribution in [2.24, 2.45) is 0 Å². The van der Waals surface area contributed by atoms with Crippen LogP contribution in [0.15, 0.2) is 36.5 Å². The Kier molecular flexibility index (Phi) is 28.7. The first-order valence-electron chi connectivity index (χ1n) is 20.0. The highest BCUT2D eigenvalue weighted by atomic mass is 32.2. The van der Waals surface area contributed by atoms with Gasteiger partial charge in [0.1, 0.15) is 36.8 Å². The van der Waals surface area contributed by atoms with Crippen LogP contribution in [0.25, 0.3) is 0 Å². The van der Waals surface area contributed by atoms with Crippen LogP contribution in [-0.4, -0.2) is 96.0 Å². The number of allylic oxidation sites excluding steroid dienone is 6. The largest absolute Gasteiger partial charge is 0.462 e. The Morgan fingerprint density at radius 2 is 1.19 bits per heavy atom. The highest BCUT2D eigenvalue weighted by molar-refractivity contribution is 7.85. The van der Waals surface area contributed by atoms with Crippen molar-refractivity contribution in [3.05, 3.63) is 36.5 Å². The van der Waals surface area contributed by atoms with Crippen molar-refractivity contribution >= 4 is 22.1 Å². The zero-order valence-electron chi connectivity index (χ0n) is 32.4. The molecule has 6 atom stereocenters. The van der Waals surface area contributed by atoms with Gasteiger partial charge in [0, 0.05) is 12.8 Å². The van der Waals surface area contributed by atoms with Gasteiger partial charge < -0.3 is 34.3 Å². The summed E-state index contributed by atoms with van der Waals surface area (Å²) in [6.07, 6.45) is 23.5. The van der Waals surface area contributed by atoms with E-state index in [1.54, 1.807) is 0 Å². The number of esters is 2. The molecule has 0 aromatic rings. The lowest BCUT2D eigenvalue weighted by Gasteiger charge is -2.40. The molecule has 308 valence electrons. The first-order chi connectivity index (χ1) is 25.5. The van der Waals surface area contributed by atoms with Crippen LogP contribution in [0.5, 0.6) is 0 Å². The molecule has 1 rings (SSSR count). The van der Waals surface area contributed by atoms with Gasteiger partial charge in [0.05, 0.1) is 6.61 Å². The predicted octanol–water partition coefficient (Wildman–Crippen LogP) is 7.05. The van der Waals surface area contributed by atoms with E-state index in [-0.39, 0.29) is 19.4 Å². The average Bonchev–Trinajstić information content (AvgIpc) is 3.12. The molecule has 0 aromatic carbocycles. The van der Waals surface area contributed by atoms with E-state index in [0.717, 1.165) is 70.6 Å². The van der Waals surface area contributed by atoms with Crippen LogP contribution in [0.2, 0.25) is 0 Å². The summed E-state index contributed by atoms with van der Waals surface area (Å²) < 4.78 is 53.8. The molecule has 0 aliphatic carbocycles. The lowest BCUT2D eigenvalue weighted by atomic mass is 10.00. The summed E-state index contributed by atoms with van der Waals surface area (Å²) in [5.41, 5.74) is 0. The summed E-state index contributed by atoms with van der Waals surface area (Å²) in [4.78, 5) is 25.2. The smallest absolute Gasteiger partial charge is 0.306 e. The van der Waals surface area contributed by atoms with Crippen molar-refractivity contribution in [3.63, 3.8) is 0 Å². The third-order valence-corrected chi connectivity index (χ3v) is 9.73. The first kappa shape index (κ1) is 48.9. The molecule has 1 aliphatic rings. The van der Waals surface area contributed by atoms with Gasteiger partial charge in [0.25, 0.3) is 10.1 Å².